The van der Waals surface area contributed by atoms with Gasteiger partial charge in [0.2, 0.25) is 0 Å². The van der Waals surface area contributed by atoms with Crippen molar-refractivity contribution in [1.82, 2.24) is 0 Å². The van der Waals surface area contributed by atoms with Crippen molar-refractivity contribution in [2.24, 2.45) is 0 Å². The SMILES string of the molecule is O=C(O)CCc1cccc(NC(=O)c2ccccc2NC(=O)c2ccc(-c3ccco3)cc2)c1. The highest BCUT2D eigenvalue weighted by Crippen LogP contribution is 2.22. The molecule has 0 saturated carbocycles. The number of amides is 2. The second-order valence-electron chi connectivity index (χ2n) is 7.60. The Morgan fingerprint density at radius 2 is 1.59 bits per heavy atom. The molecule has 0 aliphatic carbocycles. The number of carboxylic acids is 1. The van der Waals surface area contributed by atoms with Crippen LogP contribution >= 0.6 is 0 Å². The second kappa shape index (κ2) is 10.3. The van der Waals surface area contributed by atoms with Gasteiger partial charge in [-0.15, -0.1) is 0 Å². The Balaban J connectivity index is 1.46. The van der Waals surface area contributed by atoms with E-state index in [0.29, 0.717) is 34.7 Å². The molecule has 0 fully saturated rings. The highest BCUT2D eigenvalue weighted by Gasteiger charge is 2.15. The predicted molar refractivity (Wildman–Crippen MR) is 129 cm³/mol. The van der Waals surface area contributed by atoms with E-state index in [9.17, 15) is 14.4 Å². The molecular weight excluding hydrogens is 432 g/mol. The fourth-order valence-corrected chi connectivity index (χ4v) is 3.47. The number of nitrogens with one attached hydrogen (secondary N) is 2. The summed E-state index contributed by atoms with van der Waals surface area (Å²) in [5.74, 6) is -0.905. The molecule has 170 valence electrons. The van der Waals surface area contributed by atoms with E-state index in [0.717, 1.165) is 11.1 Å². The maximum Gasteiger partial charge on any atom is 0.303 e. The number of benzene rings is 3. The second-order valence-corrected chi connectivity index (χ2v) is 7.60. The standard InChI is InChI=1S/C27H22N2O5/c30-25(31)15-10-18-5-3-6-21(17-18)28-27(33)22-7-1-2-8-23(22)29-26(32)20-13-11-19(12-14-20)24-9-4-16-34-24/h1-9,11-14,16-17H,10,15H2,(H,28,33)(H,29,32)(H,30,31). The van der Waals surface area contributed by atoms with Crippen molar-refractivity contribution in [2.75, 3.05) is 10.6 Å². The molecular formula is C27H22N2O5. The van der Waals surface area contributed by atoms with Crippen LogP contribution in [0.2, 0.25) is 0 Å². The maximum absolute atomic E-state index is 12.9. The van der Waals surface area contributed by atoms with Crippen molar-refractivity contribution in [1.29, 1.82) is 0 Å². The highest BCUT2D eigenvalue weighted by molar-refractivity contribution is 6.12. The Bertz CT molecular complexity index is 1310. The van der Waals surface area contributed by atoms with Gasteiger partial charge in [-0.2, -0.15) is 0 Å². The summed E-state index contributed by atoms with van der Waals surface area (Å²) >= 11 is 0. The third-order valence-electron chi connectivity index (χ3n) is 5.19. The average Bonchev–Trinajstić information content (AvgIpc) is 3.38. The molecule has 0 aliphatic heterocycles. The number of carbonyl (C=O) groups is 3. The number of furan rings is 1. The molecule has 1 heterocycles. The van der Waals surface area contributed by atoms with Gasteiger partial charge in [-0.3, -0.25) is 14.4 Å². The van der Waals surface area contributed by atoms with E-state index in [2.05, 4.69) is 10.6 Å². The van der Waals surface area contributed by atoms with Gasteiger partial charge in [0.1, 0.15) is 5.76 Å². The largest absolute Gasteiger partial charge is 0.481 e. The Kier molecular flexibility index (Phi) is 6.84. The van der Waals surface area contributed by atoms with E-state index in [4.69, 9.17) is 9.52 Å². The number of rotatable bonds is 8. The molecule has 0 saturated heterocycles. The zero-order chi connectivity index (χ0) is 23.9. The molecule has 4 aromatic rings. The average molecular weight is 454 g/mol. The van der Waals surface area contributed by atoms with Gasteiger partial charge in [-0.05, 0) is 60.5 Å². The van der Waals surface area contributed by atoms with Crippen LogP contribution in [-0.4, -0.2) is 22.9 Å². The lowest BCUT2D eigenvalue weighted by Crippen LogP contribution is -2.18. The summed E-state index contributed by atoms with van der Waals surface area (Å²) in [7, 11) is 0. The first kappa shape index (κ1) is 22.5. The van der Waals surface area contributed by atoms with Crippen LogP contribution in [0.1, 0.15) is 32.7 Å². The molecule has 3 N–H and O–H groups in total. The van der Waals surface area contributed by atoms with Gasteiger partial charge in [-0.1, -0.05) is 36.4 Å². The summed E-state index contributed by atoms with van der Waals surface area (Å²) in [5.41, 5.74) is 3.33. The fourth-order valence-electron chi connectivity index (χ4n) is 3.47. The number of hydrogen-bond donors (Lipinski definition) is 3. The van der Waals surface area contributed by atoms with E-state index >= 15 is 0 Å². The molecule has 7 heteroatoms. The van der Waals surface area contributed by atoms with E-state index in [1.165, 1.54) is 0 Å². The van der Waals surface area contributed by atoms with Gasteiger partial charge < -0.3 is 20.2 Å². The van der Waals surface area contributed by atoms with Crippen molar-refractivity contribution in [3.8, 4) is 11.3 Å². The summed E-state index contributed by atoms with van der Waals surface area (Å²) in [6.07, 6.45) is 1.96. The monoisotopic (exact) mass is 454 g/mol. The van der Waals surface area contributed by atoms with Crippen molar-refractivity contribution in [2.45, 2.75) is 12.8 Å². The minimum absolute atomic E-state index is 0.00869. The molecule has 7 nitrogen and oxygen atoms in total. The first-order chi connectivity index (χ1) is 16.5. The number of para-hydroxylation sites is 1. The van der Waals surface area contributed by atoms with Crippen molar-refractivity contribution in [3.05, 3.63) is 108 Å². The maximum atomic E-state index is 12.9. The smallest absolute Gasteiger partial charge is 0.303 e. The number of carbonyl (C=O) groups excluding carboxylic acids is 2. The zero-order valence-corrected chi connectivity index (χ0v) is 18.2. The molecule has 0 spiro atoms. The molecule has 2 amide bonds. The van der Waals surface area contributed by atoms with E-state index in [-0.39, 0.29) is 18.2 Å². The Hall–Kier alpha value is -4.65. The Labute approximate surface area is 196 Å². The molecule has 0 aliphatic rings. The minimum atomic E-state index is -0.880. The molecule has 3 aromatic carbocycles. The zero-order valence-electron chi connectivity index (χ0n) is 18.2. The normalized spacial score (nSPS) is 10.5. The molecule has 4 rings (SSSR count). The summed E-state index contributed by atoms with van der Waals surface area (Å²) in [4.78, 5) is 36.6. The first-order valence-electron chi connectivity index (χ1n) is 10.7. The summed E-state index contributed by atoms with van der Waals surface area (Å²) in [6, 6.07) is 24.4. The van der Waals surface area contributed by atoms with Crippen molar-refractivity contribution >= 4 is 29.2 Å². The predicted octanol–water partition coefficient (Wildman–Crippen LogP) is 5.47. The van der Waals surface area contributed by atoms with Gasteiger partial charge in [0.15, 0.2) is 0 Å². The summed E-state index contributed by atoms with van der Waals surface area (Å²) in [5, 5.41) is 14.5. The number of hydrogen-bond acceptors (Lipinski definition) is 4. The molecule has 1 aromatic heterocycles. The van der Waals surface area contributed by atoms with E-state index < -0.39 is 5.97 Å². The lowest BCUT2D eigenvalue weighted by atomic mass is 10.1. The summed E-state index contributed by atoms with van der Waals surface area (Å²) in [6.45, 7) is 0. The van der Waals surface area contributed by atoms with Crippen LogP contribution in [0.25, 0.3) is 11.3 Å². The number of aliphatic carboxylic acids is 1. The minimum Gasteiger partial charge on any atom is -0.481 e. The van der Waals surface area contributed by atoms with Gasteiger partial charge in [-0.25, -0.2) is 0 Å². The first-order valence-corrected chi connectivity index (χ1v) is 10.7. The van der Waals surface area contributed by atoms with Crippen LogP contribution in [0.3, 0.4) is 0 Å². The van der Waals surface area contributed by atoms with Crippen LogP contribution in [0, 0.1) is 0 Å². The molecule has 0 atom stereocenters. The van der Waals surface area contributed by atoms with E-state index in [1.807, 2.05) is 12.1 Å². The van der Waals surface area contributed by atoms with Crippen LogP contribution in [0.15, 0.2) is 95.6 Å². The quantitative estimate of drug-likeness (QED) is 0.327. The fraction of sp³-hybridized carbons (Fsp3) is 0.0741. The topological polar surface area (TPSA) is 109 Å². The van der Waals surface area contributed by atoms with Gasteiger partial charge in [0.05, 0.1) is 17.5 Å². The third-order valence-corrected chi connectivity index (χ3v) is 5.19. The van der Waals surface area contributed by atoms with Crippen molar-refractivity contribution < 1.29 is 23.9 Å². The van der Waals surface area contributed by atoms with Gasteiger partial charge in [0, 0.05) is 23.2 Å². The number of anilines is 2. The van der Waals surface area contributed by atoms with Crippen LogP contribution < -0.4 is 10.6 Å². The Morgan fingerprint density at radius 3 is 2.32 bits per heavy atom. The Morgan fingerprint density at radius 1 is 0.794 bits per heavy atom. The molecule has 34 heavy (non-hydrogen) atoms. The van der Waals surface area contributed by atoms with E-state index in [1.54, 1.807) is 79.1 Å². The third kappa shape index (κ3) is 5.58. The summed E-state index contributed by atoms with van der Waals surface area (Å²) < 4.78 is 5.37. The van der Waals surface area contributed by atoms with Gasteiger partial charge >= 0.3 is 5.97 Å². The van der Waals surface area contributed by atoms with Crippen LogP contribution in [0.4, 0.5) is 11.4 Å². The molecule has 0 unspecified atom stereocenters. The van der Waals surface area contributed by atoms with Crippen LogP contribution in [-0.2, 0) is 11.2 Å². The molecule has 0 bridgehead atoms. The van der Waals surface area contributed by atoms with Crippen LogP contribution in [0.5, 0.6) is 0 Å². The number of carboxylic acid groups (broad SMARTS) is 1. The highest BCUT2D eigenvalue weighted by atomic mass is 16.4. The lowest BCUT2D eigenvalue weighted by Gasteiger charge is -2.12. The number of aryl methyl sites for hydroxylation is 1. The molecule has 0 radical (unpaired) electrons. The van der Waals surface area contributed by atoms with Gasteiger partial charge in [0.25, 0.3) is 11.8 Å². The van der Waals surface area contributed by atoms with Crippen molar-refractivity contribution in [3.63, 3.8) is 0 Å². The lowest BCUT2D eigenvalue weighted by molar-refractivity contribution is -0.136.